The molecule has 0 N–H and O–H groups in total. The summed E-state index contributed by atoms with van der Waals surface area (Å²) in [4.78, 5) is 0. The van der Waals surface area contributed by atoms with Gasteiger partial charge in [0.25, 0.3) is 0 Å². The van der Waals surface area contributed by atoms with Crippen LogP contribution in [-0.2, 0) is 36.1 Å². The molecule has 47 heavy (non-hydrogen) atoms. The first-order valence-electron chi connectivity index (χ1n) is 16.8. The van der Waals surface area contributed by atoms with E-state index in [-0.39, 0.29) is 0 Å². The summed E-state index contributed by atoms with van der Waals surface area (Å²) < 4.78 is 13.4. The van der Waals surface area contributed by atoms with Gasteiger partial charge in [-0.15, -0.1) is 0 Å². The molecule has 0 saturated carbocycles. The molecule has 230 valence electrons. The van der Waals surface area contributed by atoms with E-state index in [1.165, 1.54) is 66.8 Å². The van der Waals surface area contributed by atoms with Gasteiger partial charge in [0.05, 0.1) is 0 Å². The van der Waals surface area contributed by atoms with Gasteiger partial charge in [0.2, 0.25) is 0 Å². The number of benzene rings is 4. The normalized spacial score (nSPS) is 16.5. The molecule has 0 bridgehead atoms. The van der Waals surface area contributed by atoms with Gasteiger partial charge in [0, 0.05) is 0 Å². The molecule has 0 fully saturated rings. The van der Waals surface area contributed by atoms with Gasteiger partial charge in [0.15, 0.2) is 0 Å². The van der Waals surface area contributed by atoms with E-state index in [0.717, 1.165) is 35.9 Å². The van der Waals surface area contributed by atoms with Crippen LogP contribution in [0.4, 0.5) is 0 Å². The van der Waals surface area contributed by atoms with Crippen LogP contribution in [0.15, 0.2) is 118 Å². The standard InChI is InChI=1S/2C22H19O.Zr/c2*1-3-16-8-10-17(11-9-16)20-6-4-5-18-13-19(14-21(18)20)22-12-7-15(2)23-22;/h2*4-14H,3H2,1-2H3;. The molecule has 0 radical (unpaired) electrons. The van der Waals surface area contributed by atoms with Crippen molar-refractivity contribution < 1.29 is 32.1 Å². The van der Waals surface area contributed by atoms with Crippen molar-refractivity contribution in [1.29, 1.82) is 0 Å². The molecule has 2 aromatic heterocycles. The molecule has 4 aromatic carbocycles. The first-order chi connectivity index (χ1) is 23.0. The number of rotatable bonds is 8. The SMILES string of the molecule is CCc1ccc(-c2cccc3c2C=C(c2ccc(C)o2)[CH]3[Zr][CH]2C(c3ccc(C)o3)=Cc3c(-c4ccc(CC)cc4)cccc32)cc1. The second-order valence-corrected chi connectivity index (χ2v) is 16.4. The Bertz CT molecular complexity index is 2000. The van der Waals surface area contributed by atoms with Crippen LogP contribution in [0.1, 0.15) is 77.5 Å². The van der Waals surface area contributed by atoms with E-state index in [2.05, 4.69) is 135 Å². The first-order valence-corrected chi connectivity index (χ1v) is 19.6. The van der Waals surface area contributed by atoms with Crippen molar-refractivity contribution in [1.82, 2.24) is 0 Å². The summed E-state index contributed by atoms with van der Waals surface area (Å²) in [6.45, 7) is 8.52. The average molecular weight is 690 g/mol. The third kappa shape index (κ3) is 5.49. The van der Waals surface area contributed by atoms with E-state index in [4.69, 9.17) is 8.83 Å². The molecule has 0 spiro atoms. The van der Waals surface area contributed by atoms with Crippen LogP contribution in [0.2, 0.25) is 0 Å². The fraction of sp³-hybridized carbons (Fsp3) is 0.182. The van der Waals surface area contributed by atoms with Crippen molar-refractivity contribution >= 4 is 23.3 Å². The van der Waals surface area contributed by atoms with Crippen molar-refractivity contribution in [3.05, 3.63) is 166 Å². The van der Waals surface area contributed by atoms with Crippen molar-refractivity contribution in [2.24, 2.45) is 0 Å². The number of hydrogen-bond donors (Lipinski definition) is 0. The molecular weight excluding hydrogens is 652 g/mol. The molecule has 0 saturated heterocycles. The number of hydrogen-bond acceptors (Lipinski definition) is 2. The Hall–Kier alpha value is -4.20. The van der Waals surface area contributed by atoms with E-state index in [1.54, 1.807) is 0 Å². The van der Waals surface area contributed by atoms with E-state index < -0.39 is 23.2 Å². The van der Waals surface area contributed by atoms with Crippen molar-refractivity contribution in [3.63, 3.8) is 0 Å². The first kappa shape index (κ1) is 30.2. The molecule has 2 unspecified atom stereocenters. The van der Waals surface area contributed by atoms with E-state index in [0.29, 0.717) is 7.25 Å². The van der Waals surface area contributed by atoms with Gasteiger partial charge in [-0.25, -0.2) is 0 Å². The van der Waals surface area contributed by atoms with Gasteiger partial charge < -0.3 is 0 Å². The molecule has 2 nitrogen and oxygen atoms in total. The second-order valence-electron chi connectivity index (χ2n) is 12.8. The quantitative estimate of drug-likeness (QED) is 0.159. The van der Waals surface area contributed by atoms with Crippen LogP contribution in [0.3, 0.4) is 0 Å². The maximum atomic E-state index is 6.38. The Morgan fingerprint density at radius 1 is 0.511 bits per heavy atom. The molecule has 2 aliphatic rings. The van der Waals surface area contributed by atoms with Gasteiger partial charge in [-0.05, 0) is 0 Å². The number of furan rings is 2. The molecule has 8 rings (SSSR count). The summed E-state index contributed by atoms with van der Waals surface area (Å²) in [6, 6.07) is 40.6. The maximum absolute atomic E-state index is 6.38. The van der Waals surface area contributed by atoms with E-state index >= 15 is 0 Å². The Kier molecular flexibility index (Phi) is 7.98. The minimum absolute atomic E-state index is 0.330. The van der Waals surface area contributed by atoms with Crippen LogP contribution in [0, 0.1) is 13.8 Å². The topological polar surface area (TPSA) is 26.3 Å². The minimum atomic E-state index is -1.29. The second kappa shape index (κ2) is 12.4. The number of allylic oxidation sites excluding steroid dienone is 2. The summed E-state index contributed by atoms with van der Waals surface area (Å²) in [5.41, 5.74) is 16.1. The Balaban J connectivity index is 1.26. The zero-order chi connectivity index (χ0) is 32.1. The Labute approximate surface area is 289 Å². The third-order valence-electron chi connectivity index (χ3n) is 9.85. The molecule has 2 heterocycles. The van der Waals surface area contributed by atoms with Crippen LogP contribution < -0.4 is 0 Å². The monoisotopic (exact) mass is 688 g/mol. The van der Waals surface area contributed by atoms with E-state index in [9.17, 15) is 0 Å². The van der Waals surface area contributed by atoms with Crippen molar-refractivity contribution in [3.8, 4) is 22.3 Å². The molecule has 3 heteroatoms. The fourth-order valence-corrected chi connectivity index (χ4v) is 12.2. The average Bonchev–Trinajstić information content (AvgIpc) is 3.90. The third-order valence-corrected chi connectivity index (χ3v) is 14.5. The van der Waals surface area contributed by atoms with Crippen LogP contribution in [0.25, 0.3) is 45.6 Å². The van der Waals surface area contributed by atoms with Crippen molar-refractivity contribution in [2.75, 3.05) is 0 Å². The summed E-state index contributed by atoms with van der Waals surface area (Å²) in [5.74, 6) is 3.90. The van der Waals surface area contributed by atoms with Crippen LogP contribution in [0.5, 0.6) is 0 Å². The van der Waals surface area contributed by atoms with Gasteiger partial charge in [-0.2, -0.15) is 0 Å². The summed E-state index contributed by atoms with van der Waals surface area (Å²) in [7, 11) is 0. The molecular formula is C44H38O2Zr. The fourth-order valence-electron chi connectivity index (χ4n) is 7.28. The molecule has 0 amide bonds. The van der Waals surface area contributed by atoms with Gasteiger partial charge >= 0.3 is 291 Å². The summed E-state index contributed by atoms with van der Waals surface area (Å²) >= 11 is -1.29. The predicted molar refractivity (Wildman–Crippen MR) is 191 cm³/mol. The predicted octanol–water partition coefficient (Wildman–Crippen LogP) is 11.9. The number of aryl methyl sites for hydroxylation is 4. The molecule has 2 atom stereocenters. The van der Waals surface area contributed by atoms with Gasteiger partial charge in [0.1, 0.15) is 0 Å². The summed E-state index contributed by atoms with van der Waals surface area (Å²) in [6.07, 6.45) is 6.96. The van der Waals surface area contributed by atoms with Crippen molar-refractivity contribution in [2.45, 2.75) is 47.8 Å². The van der Waals surface area contributed by atoms with Crippen LogP contribution >= 0.6 is 0 Å². The zero-order valence-corrected chi connectivity index (χ0v) is 29.9. The molecule has 0 aliphatic heterocycles. The van der Waals surface area contributed by atoms with Gasteiger partial charge in [-0.3, -0.25) is 0 Å². The summed E-state index contributed by atoms with van der Waals surface area (Å²) in [5, 5.41) is 0. The zero-order valence-electron chi connectivity index (χ0n) is 27.4. The van der Waals surface area contributed by atoms with Crippen LogP contribution in [-0.4, -0.2) is 0 Å². The van der Waals surface area contributed by atoms with E-state index in [1.807, 2.05) is 13.8 Å². The molecule has 6 aromatic rings. The molecule has 2 aliphatic carbocycles. The van der Waals surface area contributed by atoms with Gasteiger partial charge in [-0.1, -0.05) is 0 Å². The number of fused-ring (bicyclic) bond motifs is 2. The Morgan fingerprint density at radius 2 is 0.936 bits per heavy atom. The Morgan fingerprint density at radius 3 is 1.30 bits per heavy atom.